The predicted molar refractivity (Wildman–Crippen MR) is 84.4 cm³/mol. The average Bonchev–Trinajstić information content (AvgIpc) is 2.82. The van der Waals surface area contributed by atoms with Gasteiger partial charge in [-0.2, -0.15) is 0 Å². The van der Waals surface area contributed by atoms with Crippen molar-refractivity contribution in [2.45, 2.75) is 26.2 Å². The largest absolute Gasteiger partial charge is 0.274 e. The van der Waals surface area contributed by atoms with Crippen molar-refractivity contribution in [2.24, 2.45) is 5.92 Å². The molecule has 0 unspecified atom stereocenters. The molecular weight excluding hydrogens is 276 g/mol. The molecule has 2 atom stereocenters. The number of anilines is 1. The first-order valence-electron chi connectivity index (χ1n) is 7.43. The van der Waals surface area contributed by atoms with Crippen LogP contribution in [0.5, 0.6) is 0 Å². The van der Waals surface area contributed by atoms with Crippen LogP contribution in [0.1, 0.15) is 30.5 Å². The van der Waals surface area contributed by atoms with E-state index >= 15 is 0 Å². The summed E-state index contributed by atoms with van der Waals surface area (Å²) in [6, 6.07) is 15.2. The maximum absolute atomic E-state index is 12.7. The van der Waals surface area contributed by atoms with E-state index < -0.39 is 0 Å². The minimum Gasteiger partial charge on any atom is -0.274 e. The number of carbonyl (C=O) groups is 2. The summed E-state index contributed by atoms with van der Waals surface area (Å²) in [6.45, 7) is 3.84. The Bertz CT molecular complexity index is 712. The van der Waals surface area contributed by atoms with Gasteiger partial charge in [0.2, 0.25) is 11.8 Å². The van der Waals surface area contributed by atoms with Crippen LogP contribution in [0, 0.1) is 12.8 Å². The normalized spacial score (nSPS) is 19.5. The van der Waals surface area contributed by atoms with Crippen molar-refractivity contribution in [3.05, 3.63) is 59.8 Å². The highest BCUT2D eigenvalue weighted by atomic mass is 16.2. The summed E-state index contributed by atoms with van der Waals surface area (Å²) in [4.78, 5) is 30.6. The number of nitrogens with zero attached hydrogens (tertiary/aromatic N) is 2. The monoisotopic (exact) mass is 294 g/mol. The van der Waals surface area contributed by atoms with Gasteiger partial charge in [-0.3, -0.25) is 9.59 Å². The van der Waals surface area contributed by atoms with Gasteiger partial charge < -0.3 is 0 Å². The van der Waals surface area contributed by atoms with Crippen LogP contribution in [-0.4, -0.2) is 16.8 Å². The molecule has 1 aliphatic heterocycles. The Morgan fingerprint density at radius 3 is 2.50 bits per heavy atom. The molecule has 2 aromatic rings. The van der Waals surface area contributed by atoms with Crippen LogP contribution in [0.2, 0.25) is 0 Å². The molecule has 0 N–H and O–H groups in total. The third-order valence-electron chi connectivity index (χ3n) is 4.21. The van der Waals surface area contributed by atoms with E-state index in [2.05, 4.69) is 4.98 Å². The molecule has 0 saturated carbocycles. The van der Waals surface area contributed by atoms with Crippen molar-refractivity contribution in [3.8, 4) is 0 Å². The molecule has 112 valence electrons. The van der Waals surface area contributed by atoms with E-state index in [9.17, 15) is 9.59 Å². The van der Waals surface area contributed by atoms with E-state index in [-0.39, 0.29) is 30.1 Å². The molecule has 1 aromatic carbocycles. The highest BCUT2D eigenvalue weighted by Crippen LogP contribution is 2.35. The number of carbonyl (C=O) groups excluding carboxylic acids is 2. The summed E-state index contributed by atoms with van der Waals surface area (Å²) < 4.78 is 0. The van der Waals surface area contributed by atoms with Gasteiger partial charge in [-0.1, -0.05) is 43.3 Å². The summed E-state index contributed by atoms with van der Waals surface area (Å²) in [5.74, 6) is -0.210. The number of hydrogen-bond donors (Lipinski definition) is 0. The lowest BCUT2D eigenvalue weighted by atomic mass is 9.86. The summed E-state index contributed by atoms with van der Waals surface area (Å²) in [6.07, 6.45) is 0.241. The van der Waals surface area contributed by atoms with E-state index in [4.69, 9.17) is 0 Å². The van der Waals surface area contributed by atoms with Gasteiger partial charge in [0.05, 0.1) is 5.92 Å². The fourth-order valence-electron chi connectivity index (χ4n) is 2.93. The molecule has 1 fully saturated rings. The summed E-state index contributed by atoms with van der Waals surface area (Å²) in [5.41, 5.74) is 1.87. The lowest BCUT2D eigenvalue weighted by molar-refractivity contribution is -0.122. The number of aryl methyl sites for hydroxylation is 1. The molecule has 4 nitrogen and oxygen atoms in total. The van der Waals surface area contributed by atoms with Crippen LogP contribution < -0.4 is 4.90 Å². The zero-order chi connectivity index (χ0) is 15.7. The molecule has 3 rings (SSSR count). The van der Waals surface area contributed by atoms with E-state index in [1.165, 1.54) is 4.90 Å². The standard InChI is InChI=1S/C18H18N2O2/c1-12-7-6-10-16(19-12)20-17(21)11-15(18(20)22)13(2)14-8-4-3-5-9-14/h3-10,13,15H,11H2,1-2H3/t13-,15-/m0/s1. The van der Waals surface area contributed by atoms with Gasteiger partial charge in [-0.15, -0.1) is 0 Å². The zero-order valence-electron chi connectivity index (χ0n) is 12.7. The number of aromatic nitrogens is 1. The lowest BCUT2D eigenvalue weighted by Crippen LogP contribution is -2.32. The van der Waals surface area contributed by atoms with Crippen molar-refractivity contribution in [1.82, 2.24) is 4.98 Å². The molecule has 2 heterocycles. The van der Waals surface area contributed by atoms with Crippen molar-refractivity contribution in [3.63, 3.8) is 0 Å². The second kappa shape index (κ2) is 5.72. The Balaban J connectivity index is 1.89. The quantitative estimate of drug-likeness (QED) is 0.817. The molecule has 0 bridgehead atoms. The molecule has 0 aliphatic carbocycles. The maximum atomic E-state index is 12.7. The van der Waals surface area contributed by atoms with Gasteiger partial charge in [-0.25, -0.2) is 9.88 Å². The fraction of sp³-hybridized carbons (Fsp3) is 0.278. The second-order valence-corrected chi connectivity index (χ2v) is 5.71. The van der Waals surface area contributed by atoms with Crippen molar-refractivity contribution >= 4 is 17.6 Å². The Morgan fingerprint density at radius 1 is 1.09 bits per heavy atom. The van der Waals surface area contributed by atoms with E-state index in [1.807, 2.05) is 56.3 Å². The highest BCUT2D eigenvalue weighted by Gasteiger charge is 2.43. The van der Waals surface area contributed by atoms with Gasteiger partial charge in [0.15, 0.2) is 0 Å². The van der Waals surface area contributed by atoms with E-state index in [0.717, 1.165) is 11.3 Å². The Morgan fingerprint density at radius 2 is 1.82 bits per heavy atom. The van der Waals surface area contributed by atoms with Crippen molar-refractivity contribution in [2.75, 3.05) is 4.90 Å². The Hall–Kier alpha value is -2.49. The molecule has 1 aromatic heterocycles. The number of benzene rings is 1. The van der Waals surface area contributed by atoms with Crippen LogP contribution in [0.25, 0.3) is 0 Å². The molecule has 2 amide bonds. The van der Waals surface area contributed by atoms with Crippen molar-refractivity contribution in [1.29, 1.82) is 0 Å². The first-order chi connectivity index (χ1) is 10.6. The SMILES string of the molecule is Cc1cccc(N2C(=O)C[C@@H]([C@@H](C)c3ccccc3)C2=O)n1. The number of amides is 2. The topological polar surface area (TPSA) is 50.3 Å². The zero-order valence-corrected chi connectivity index (χ0v) is 12.7. The first-order valence-corrected chi connectivity index (χ1v) is 7.43. The number of imide groups is 1. The molecule has 4 heteroatoms. The predicted octanol–water partition coefficient (Wildman–Crippen LogP) is 3.07. The summed E-state index contributed by atoms with van der Waals surface area (Å²) in [7, 11) is 0. The van der Waals surface area contributed by atoms with Crippen LogP contribution >= 0.6 is 0 Å². The smallest absolute Gasteiger partial charge is 0.239 e. The number of pyridine rings is 1. The van der Waals surface area contributed by atoms with Gasteiger partial charge in [0, 0.05) is 12.1 Å². The van der Waals surface area contributed by atoms with Crippen LogP contribution in [-0.2, 0) is 9.59 Å². The molecule has 22 heavy (non-hydrogen) atoms. The minimum absolute atomic E-state index is 0.00691. The third kappa shape index (κ3) is 2.52. The van der Waals surface area contributed by atoms with Gasteiger partial charge in [-0.05, 0) is 30.5 Å². The molecule has 0 radical (unpaired) electrons. The number of hydrogen-bond acceptors (Lipinski definition) is 3. The van der Waals surface area contributed by atoms with Gasteiger partial charge in [0.25, 0.3) is 0 Å². The average molecular weight is 294 g/mol. The third-order valence-corrected chi connectivity index (χ3v) is 4.21. The number of rotatable bonds is 3. The molecule has 0 spiro atoms. The second-order valence-electron chi connectivity index (χ2n) is 5.71. The van der Waals surface area contributed by atoms with Gasteiger partial charge in [0.1, 0.15) is 5.82 Å². The van der Waals surface area contributed by atoms with Crippen molar-refractivity contribution < 1.29 is 9.59 Å². The molecule has 1 aliphatic rings. The Labute approximate surface area is 129 Å². The minimum atomic E-state index is -0.322. The van der Waals surface area contributed by atoms with E-state index in [0.29, 0.717) is 5.82 Å². The summed E-state index contributed by atoms with van der Waals surface area (Å²) in [5, 5.41) is 0. The Kier molecular flexibility index (Phi) is 3.75. The van der Waals surface area contributed by atoms with Crippen LogP contribution in [0.3, 0.4) is 0 Å². The molecule has 1 saturated heterocycles. The summed E-state index contributed by atoms with van der Waals surface area (Å²) >= 11 is 0. The first kappa shape index (κ1) is 14.4. The van der Waals surface area contributed by atoms with Gasteiger partial charge >= 0.3 is 0 Å². The van der Waals surface area contributed by atoms with E-state index in [1.54, 1.807) is 6.07 Å². The molecular formula is C18H18N2O2. The fourth-order valence-corrected chi connectivity index (χ4v) is 2.93. The van der Waals surface area contributed by atoms with Crippen LogP contribution in [0.4, 0.5) is 5.82 Å². The van der Waals surface area contributed by atoms with Crippen LogP contribution in [0.15, 0.2) is 48.5 Å². The highest BCUT2D eigenvalue weighted by molar-refractivity contribution is 6.20. The lowest BCUT2D eigenvalue weighted by Gasteiger charge is -2.19. The maximum Gasteiger partial charge on any atom is 0.239 e.